The minimum absolute atomic E-state index is 0.0262. The first-order valence-electron chi connectivity index (χ1n) is 4.62. The fraction of sp³-hybridized carbons (Fsp3) is 0.556. The Morgan fingerprint density at radius 1 is 1.79 bits per heavy atom. The van der Waals surface area contributed by atoms with Gasteiger partial charge in [-0.2, -0.15) is 5.10 Å². The molecule has 1 saturated heterocycles. The lowest BCUT2D eigenvalue weighted by Crippen LogP contribution is -2.29. The number of carbonyl (C=O) groups excluding carboxylic acids is 1. The van der Waals surface area contributed by atoms with Crippen molar-refractivity contribution >= 4 is 5.91 Å². The summed E-state index contributed by atoms with van der Waals surface area (Å²) in [4.78, 5) is 13.6. The maximum absolute atomic E-state index is 11.8. The zero-order valence-electron chi connectivity index (χ0n) is 8.06. The molecule has 5 heteroatoms. The Balaban J connectivity index is 2.00. The van der Waals surface area contributed by atoms with Gasteiger partial charge in [-0.25, -0.2) is 0 Å². The van der Waals surface area contributed by atoms with Crippen molar-refractivity contribution in [3.05, 3.63) is 18.0 Å². The molecule has 0 radical (unpaired) electrons. The molecule has 0 aromatic carbocycles. The highest BCUT2D eigenvalue weighted by Gasteiger charge is 2.26. The van der Waals surface area contributed by atoms with Crippen molar-refractivity contribution in [2.24, 2.45) is 0 Å². The molecule has 1 unspecified atom stereocenters. The number of rotatable bonds is 2. The summed E-state index contributed by atoms with van der Waals surface area (Å²) in [5.74, 6) is 0.0262. The largest absolute Gasteiger partial charge is 0.380 e. The van der Waals surface area contributed by atoms with Gasteiger partial charge in [0.2, 0.25) is 0 Å². The van der Waals surface area contributed by atoms with E-state index < -0.39 is 0 Å². The molecule has 1 aliphatic heterocycles. The number of nitrogens with zero attached hydrogens (tertiary/aromatic N) is 2. The summed E-state index contributed by atoms with van der Waals surface area (Å²) in [6.07, 6.45) is 4.26. The molecule has 1 aliphatic rings. The Hall–Kier alpha value is -1.36. The van der Waals surface area contributed by atoms with Gasteiger partial charge in [0, 0.05) is 26.4 Å². The maximum Gasteiger partial charge on any atom is 0.257 e. The fourth-order valence-corrected chi connectivity index (χ4v) is 1.66. The number of amides is 1. The highest BCUT2D eigenvalue weighted by atomic mass is 16.5. The van der Waals surface area contributed by atoms with Crippen LogP contribution >= 0.6 is 0 Å². The van der Waals surface area contributed by atoms with Crippen LogP contribution in [0.4, 0.5) is 0 Å². The number of aromatic amines is 1. The quantitative estimate of drug-likeness (QED) is 0.737. The zero-order chi connectivity index (χ0) is 9.97. The molecule has 14 heavy (non-hydrogen) atoms. The van der Waals surface area contributed by atoms with Gasteiger partial charge in [-0.15, -0.1) is 0 Å². The predicted molar refractivity (Wildman–Crippen MR) is 49.9 cm³/mol. The Kier molecular flexibility index (Phi) is 2.49. The van der Waals surface area contributed by atoms with Crippen LogP contribution in [-0.2, 0) is 4.74 Å². The average Bonchev–Trinajstić information content (AvgIpc) is 2.88. The second kappa shape index (κ2) is 3.79. The van der Waals surface area contributed by atoms with Crippen LogP contribution in [0.1, 0.15) is 16.8 Å². The summed E-state index contributed by atoms with van der Waals surface area (Å²) in [5, 5.41) is 6.38. The van der Waals surface area contributed by atoms with E-state index >= 15 is 0 Å². The lowest BCUT2D eigenvalue weighted by atomic mass is 10.3. The number of hydrogen-bond donors (Lipinski definition) is 1. The van der Waals surface area contributed by atoms with Crippen LogP contribution in [0.5, 0.6) is 0 Å². The van der Waals surface area contributed by atoms with Crippen LogP contribution in [0.2, 0.25) is 0 Å². The minimum Gasteiger partial charge on any atom is -0.380 e. The van der Waals surface area contributed by atoms with Gasteiger partial charge >= 0.3 is 0 Å². The van der Waals surface area contributed by atoms with Crippen LogP contribution in [-0.4, -0.2) is 47.3 Å². The fourth-order valence-electron chi connectivity index (χ4n) is 1.66. The molecule has 5 nitrogen and oxygen atoms in total. The van der Waals surface area contributed by atoms with Gasteiger partial charge in [0.25, 0.3) is 5.91 Å². The topological polar surface area (TPSA) is 58.2 Å². The molecular weight excluding hydrogens is 182 g/mol. The summed E-state index contributed by atoms with van der Waals surface area (Å²) in [7, 11) is 1.68. The number of aromatic nitrogens is 2. The van der Waals surface area contributed by atoms with E-state index in [9.17, 15) is 4.79 Å². The maximum atomic E-state index is 11.8. The molecule has 1 aromatic heterocycles. The summed E-state index contributed by atoms with van der Waals surface area (Å²) in [5.41, 5.74) is 0.613. The van der Waals surface area contributed by atoms with Crippen molar-refractivity contribution in [2.75, 3.05) is 20.2 Å². The second-order valence-electron chi connectivity index (χ2n) is 3.38. The van der Waals surface area contributed by atoms with E-state index in [-0.39, 0.29) is 12.0 Å². The number of ether oxygens (including phenoxy) is 1. The summed E-state index contributed by atoms with van der Waals surface area (Å²) >= 11 is 0. The third-order valence-electron chi connectivity index (χ3n) is 2.51. The van der Waals surface area contributed by atoms with Gasteiger partial charge in [0.15, 0.2) is 0 Å². The van der Waals surface area contributed by atoms with E-state index in [1.165, 1.54) is 0 Å². The van der Waals surface area contributed by atoms with Crippen LogP contribution in [0.15, 0.2) is 12.4 Å². The highest BCUT2D eigenvalue weighted by molar-refractivity contribution is 5.93. The Morgan fingerprint density at radius 2 is 2.64 bits per heavy atom. The summed E-state index contributed by atoms with van der Waals surface area (Å²) < 4.78 is 5.19. The van der Waals surface area contributed by atoms with Gasteiger partial charge in [-0.1, -0.05) is 0 Å². The van der Waals surface area contributed by atoms with Crippen LogP contribution < -0.4 is 0 Å². The van der Waals surface area contributed by atoms with Crippen molar-refractivity contribution in [1.29, 1.82) is 0 Å². The number of likely N-dealkylation sites (tertiary alicyclic amines) is 1. The van der Waals surface area contributed by atoms with Crippen LogP contribution in [0.25, 0.3) is 0 Å². The van der Waals surface area contributed by atoms with Gasteiger partial charge in [-0.3, -0.25) is 9.89 Å². The summed E-state index contributed by atoms with van der Waals surface area (Å²) in [6.45, 7) is 1.45. The van der Waals surface area contributed by atoms with Crippen molar-refractivity contribution in [3.63, 3.8) is 0 Å². The number of methoxy groups -OCH3 is 1. The van der Waals surface area contributed by atoms with E-state index in [4.69, 9.17) is 4.74 Å². The van der Waals surface area contributed by atoms with Gasteiger partial charge in [0.1, 0.15) is 0 Å². The van der Waals surface area contributed by atoms with E-state index in [1.807, 2.05) is 0 Å². The van der Waals surface area contributed by atoms with Gasteiger partial charge in [-0.05, 0) is 6.42 Å². The normalized spacial score (nSPS) is 21.5. The number of H-pyrrole nitrogens is 1. The second-order valence-corrected chi connectivity index (χ2v) is 3.38. The summed E-state index contributed by atoms with van der Waals surface area (Å²) in [6, 6.07) is 0. The molecule has 1 aromatic rings. The van der Waals surface area contributed by atoms with Crippen molar-refractivity contribution in [2.45, 2.75) is 12.5 Å². The molecule has 1 amide bonds. The number of nitrogens with one attached hydrogen (secondary N) is 1. The average molecular weight is 195 g/mol. The van der Waals surface area contributed by atoms with E-state index in [2.05, 4.69) is 10.2 Å². The molecule has 76 valence electrons. The monoisotopic (exact) mass is 195 g/mol. The molecular formula is C9H13N3O2. The van der Waals surface area contributed by atoms with E-state index in [0.717, 1.165) is 13.0 Å². The minimum atomic E-state index is 0.0262. The molecule has 2 heterocycles. The van der Waals surface area contributed by atoms with Crippen molar-refractivity contribution in [3.8, 4) is 0 Å². The smallest absolute Gasteiger partial charge is 0.257 e. The van der Waals surface area contributed by atoms with Crippen molar-refractivity contribution in [1.82, 2.24) is 15.1 Å². The first kappa shape index (κ1) is 9.21. The molecule has 1 N–H and O–H groups in total. The number of hydrogen-bond acceptors (Lipinski definition) is 3. The molecule has 1 atom stereocenters. The van der Waals surface area contributed by atoms with E-state index in [0.29, 0.717) is 12.1 Å². The van der Waals surface area contributed by atoms with Gasteiger partial charge < -0.3 is 9.64 Å². The lowest BCUT2D eigenvalue weighted by molar-refractivity contribution is 0.0724. The Morgan fingerprint density at radius 3 is 3.21 bits per heavy atom. The Labute approximate surface area is 82.0 Å². The van der Waals surface area contributed by atoms with Crippen LogP contribution in [0, 0.1) is 0 Å². The molecule has 1 fully saturated rings. The SMILES string of the molecule is COC1CCN(C(=O)c2cn[nH]c2)C1. The van der Waals surface area contributed by atoms with Crippen LogP contribution in [0.3, 0.4) is 0 Å². The first-order chi connectivity index (χ1) is 6.81. The molecule has 0 saturated carbocycles. The molecule has 0 bridgehead atoms. The predicted octanol–water partition coefficient (Wildman–Crippen LogP) is 0.271. The lowest BCUT2D eigenvalue weighted by Gasteiger charge is -2.14. The zero-order valence-corrected chi connectivity index (χ0v) is 8.06. The standard InChI is InChI=1S/C9H13N3O2/c1-14-8-2-3-12(6-8)9(13)7-4-10-11-5-7/h4-5,8H,2-3,6H2,1H3,(H,10,11). The first-order valence-corrected chi connectivity index (χ1v) is 4.62. The van der Waals surface area contributed by atoms with E-state index in [1.54, 1.807) is 24.4 Å². The third kappa shape index (κ3) is 1.63. The third-order valence-corrected chi connectivity index (χ3v) is 2.51. The molecule has 0 spiro atoms. The Bertz CT molecular complexity index is 310. The highest BCUT2D eigenvalue weighted by Crippen LogP contribution is 2.14. The van der Waals surface area contributed by atoms with Gasteiger partial charge in [0.05, 0.1) is 17.9 Å². The van der Waals surface area contributed by atoms with Crippen molar-refractivity contribution < 1.29 is 9.53 Å². The number of carbonyl (C=O) groups is 1. The molecule has 2 rings (SSSR count). The molecule has 0 aliphatic carbocycles.